The van der Waals surface area contributed by atoms with E-state index in [1.165, 1.54) is 0 Å². The van der Waals surface area contributed by atoms with Crippen LogP contribution in [0.5, 0.6) is 0 Å². The minimum absolute atomic E-state index is 0.0602. The van der Waals surface area contributed by atoms with Gasteiger partial charge in [-0.15, -0.1) is 0 Å². The quantitative estimate of drug-likeness (QED) is 0.645. The van der Waals surface area contributed by atoms with E-state index in [0.717, 1.165) is 16.6 Å². The molecule has 1 aromatic heterocycles. The van der Waals surface area contributed by atoms with Crippen molar-refractivity contribution in [1.82, 2.24) is 19.6 Å². The molecule has 1 amide bonds. The third-order valence-electron chi connectivity index (χ3n) is 5.17. The smallest absolute Gasteiger partial charge is 0.240 e. The van der Waals surface area contributed by atoms with Gasteiger partial charge in [0.2, 0.25) is 15.9 Å². The summed E-state index contributed by atoms with van der Waals surface area (Å²) in [5.74, 6) is 0.739. The van der Waals surface area contributed by atoms with E-state index < -0.39 is 10.0 Å². The number of carbonyl (C=O) groups is 1. The van der Waals surface area contributed by atoms with Crippen molar-refractivity contribution in [3.8, 4) is 0 Å². The average Bonchev–Trinajstić information content (AvgIpc) is 2.79. The van der Waals surface area contributed by atoms with E-state index in [1.807, 2.05) is 24.3 Å². The van der Waals surface area contributed by atoms with Crippen molar-refractivity contribution in [2.45, 2.75) is 11.3 Å². The first-order valence-electron chi connectivity index (χ1n) is 9.80. The van der Waals surface area contributed by atoms with E-state index in [1.54, 1.807) is 41.7 Å². The molecule has 0 unspecified atom stereocenters. The number of benzene rings is 2. The molecular formula is C21H23N5O3S. The van der Waals surface area contributed by atoms with Crippen molar-refractivity contribution in [3.63, 3.8) is 0 Å². The Morgan fingerprint density at radius 1 is 1.00 bits per heavy atom. The highest BCUT2D eigenvalue weighted by Crippen LogP contribution is 2.19. The topological polar surface area (TPSA) is 95.5 Å². The molecule has 0 saturated carbocycles. The Morgan fingerprint density at radius 2 is 1.77 bits per heavy atom. The van der Waals surface area contributed by atoms with Crippen LogP contribution in [0, 0.1) is 0 Å². The molecule has 1 N–H and O–H groups in total. The highest BCUT2D eigenvalue weighted by Gasteiger charge is 2.22. The average molecular weight is 426 g/mol. The molecule has 1 saturated heterocycles. The number of hydrogen-bond acceptors (Lipinski definition) is 6. The summed E-state index contributed by atoms with van der Waals surface area (Å²) in [4.78, 5) is 24.9. The SMILES string of the molecule is O=C(CCNS(=O)(=O)c1ccc2ccccc2c1)N1CCN(c2cnccn2)CC1. The number of piperazine rings is 1. The van der Waals surface area contributed by atoms with Gasteiger partial charge in [-0.25, -0.2) is 18.1 Å². The molecule has 1 aliphatic heterocycles. The molecule has 30 heavy (non-hydrogen) atoms. The predicted molar refractivity (Wildman–Crippen MR) is 115 cm³/mol. The Labute approximate surface area is 175 Å². The van der Waals surface area contributed by atoms with Gasteiger partial charge in [-0.2, -0.15) is 0 Å². The van der Waals surface area contributed by atoms with Gasteiger partial charge in [-0.1, -0.05) is 30.3 Å². The maximum absolute atomic E-state index is 12.6. The maximum atomic E-state index is 12.6. The van der Waals surface area contributed by atoms with Gasteiger partial charge in [0.15, 0.2) is 0 Å². The van der Waals surface area contributed by atoms with Crippen LogP contribution in [0.4, 0.5) is 5.82 Å². The van der Waals surface area contributed by atoms with Gasteiger partial charge in [0.25, 0.3) is 0 Å². The summed E-state index contributed by atoms with van der Waals surface area (Å²) < 4.78 is 27.7. The van der Waals surface area contributed by atoms with Crippen molar-refractivity contribution >= 4 is 32.5 Å². The Morgan fingerprint density at radius 3 is 2.50 bits per heavy atom. The molecule has 1 fully saturated rings. The molecule has 3 aromatic rings. The minimum atomic E-state index is -3.67. The van der Waals surface area contributed by atoms with Gasteiger partial charge in [0.05, 0.1) is 11.1 Å². The second-order valence-electron chi connectivity index (χ2n) is 7.09. The summed E-state index contributed by atoms with van der Waals surface area (Å²) in [6.45, 7) is 2.57. The summed E-state index contributed by atoms with van der Waals surface area (Å²) in [5.41, 5.74) is 0. The zero-order valence-corrected chi connectivity index (χ0v) is 17.3. The van der Waals surface area contributed by atoms with E-state index in [0.29, 0.717) is 26.2 Å². The van der Waals surface area contributed by atoms with Crippen LogP contribution in [0.2, 0.25) is 0 Å². The van der Waals surface area contributed by atoms with Gasteiger partial charge >= 0.3 is 0 Å². The molecule has 1 aliphatic rings. The summed E-state index contributed by atoms with van der Waals surface area (Å²) in [6, 6.07) is 12.6. The molecule has 0 spiro atoms. The number of amides is 1. The van der Waals surface area contributed by atoms with Crippen molar-refractivity contribution in [1.29, 1.82) is 0 Å². The van der Waals surface area contributed by atoms with Gasteiger partial charge in [0, 0.05) is 51.5 Å². The number of fused-ring (bicyclic) bond motifs is 1. The molecular weight excluding hydrogens is 402 g/mol. The van der Waals surface area contributed by atoms with Crippen LogP contribution in [0.3, 0.4) is 0 Å². The lowest BCUT2D eigenvalue weighted by Crippen LogP contribution is -2.49. The molecule has 2 heterocycles. The number of anilines is 1. The maximum Gasteiger partial charge on any atom is 0.240 e. The van der Waals surface area contributed by atoms with Crippen LogP contribution < -0.4 is 9.62 Å². The van der Waals surface area contributed by atoms with Crippen molar-refractivity contribution in [3.05, 3.63) is 61.1 Å². The zero-order chi connectivity index (χ0) is 21.0. The molecule has 4 rings (SSSR count). The molecule has 0 bridgehead atoms. The number of carbonyl (C=O) groups excluding carboxylic acids is 1. The third-order valence-corrected chi connectivity index (χ3v) is 6.63. The first kappa shape index (κ1) is 20.2. The van der Waals surface area contributed by atoms with Crippen molar-refractivity contribution in [2.75, 3.05) is 37.6 Å². The molecule has 9 heteroatoms. The standard InChI is InChI=1S/C21H23N5O3S/c27-21(26-13-11-25(12-14-26)20-16-22-9-10-23-20)7-8-24-30(28,29)19-6-5-17-3-1-2-4-18(17)15-19/h1-6,9-10,15-16,24H,7-8,11-14H2. The van der Waals surface area contributed by atoms with Crippen LogP contribution in [0.15, 0.2) is 66.0 Å². The summed E-state index contributed by atoms with van der Waals surface area (Å²) >= 11 is 0. The third kappa shape index (κ3) is 4.58. The van der Waals surface area contributed by atoms with E-state index in [2.05, 4.69) is 19.6 Å². The molecule has 0 atom stereocenters. The Bertz CT molecular complexity index is 1130. The number of rotatable bonds is 6. The second-order valence-corrected chi connectivity index (χ2v) is 8.86. The van der Waals surface area contributed by atoms with Crippen LogP contribution in [-0.2, 0) is 14.8 Å². The van der Waals surface area contributed by atoms with Crippen molar-refractivity contribution in [2.24, 2.45) is 0 Å². The van der Waals surface area contributed by atoms with E-state index >= 15 is 0 Å². The first-order chi connectivity index (χ1) is 14.5. The van der Waals surface area contributed by atoms with Crippen LogP contribution in [-0.4, -0.2) is 61.9 Å². The summed E-state index contributed by atoms with van der Waals surface area (Å²) in [6.07, 6.45) is 5.10. The minimum Gasteiger partial charge on any atom is -0.352 e. The fourth-order valence-corrected chi connectivity index (χ4v) is 4.57. The predicted octanol–water partition coefficient (Wildman–Crippen LogP) is 1.65. The lowest BCUT2D eigenvalue weighted by atomic mass is 10.1. The Kier molecular flexibility index (Phi) is 5.91. The summed E-state index contributed by atoms with van der Waals surface area (Å²) in [7, 11) is -3.67. The van der Waals surface area contributed by atoms with Crippen LogP contribution in [0.25, 0.3) is 10.8 Å². The second kappa shape index (κ2) is 8.76. The molecule has 0 aliphatic carbocycles. The number of hydrogen-bond donors (Lipinski definition) is 1. The van der Waals surface area contributed by atoms with Gasteiger partial charge in [0.1, 0.15) is 5.82 Å². The van der Waals surface area contributed by atoms with Crippen LogP contribution in [0.1, 0.15) is 6.42 Å². The fraction of sp³-hybridized carbons (Fsp3) is 0.286. The highest BCUT2D eigenvalue weighted by molar-refractivity contribution is 7.89. The normalized spacial score (nSPS) is 14.8. The van der Waals surface area contributed by atoms with Gasteiger partial charge < -0.3 is 9.80 Å². The first-order valence-corrected chi connectivity index (χ1v) is 11.3. The molecule has 8 nitrogen and oxygen atoms in total. The Balaban J connectivity index is 1.29. The van der Waals surface area contributed by atoms with Crippen LogP contribution >= 0.6 is 0 Å². The number of nitrogens with one attached hydrogen (secondary N) is 1. The van der Waals surface area contributed by atoms with E-state index in [4.69, 9.17) is 0 Å². The molecule has 156 valence electrons. The lowest BCUT2D eigenvalue weighted by molar-refractivity contribution is -0.131. The number of nitrogens with zero attached hydrogens (tertiary/aromatic N) is 4. The Hall–Kier alpha value is -3.04. The monoisotopic (exact) mass is 425 g/mol. The largest absolute Gasteiger partial charge is 0.352 e. The number of sulfonamides is 1. The zero-order valence-electron chi connectivity index (χ0n) is 16.4. The molecule has 2 aromatic carbocycles. The van der Waals surface area contributed by atoms with Gasteiger partial charge in [-0.05, 0) is 22.9 Å². The van der Waals surface area contributed by atoms with Gasteiger partial charge in [-0.3, -0.25) is 9.78 Å². The number of aromatic nitrogens is 2. The molecule has 0 radical (unpaired) electrons. The van der Waals surface area contributed by atoms with E-state index in [9.17, 15) is 13.2 Å². The summed E-state index contributed by atoms with van der Waals surface area (Å²) in [5, 5.41) is 1.84. The van der Waals surface area contributed by atoms with E-state index in [-0.39, 0.29) is 23.8 Å². The van der Waals surface area contributed by atoms with Crippen molar-refractivity contribution < 1.29 is 13.2 Å². The highest BCUT2D eigenvalue weighted by atomic mass is 32.2. The fourth-order valence-electron chi connectivity index (χ4n) is 3.51. The lowest BCUT2D eigenvalue weighted by Gasteiger charge is -2.35.